The molecule has 2 aromatic carbocycles. The molecule has 208 valence electrons. The normalized spacial score (nSPS) is 11.3. The summed E-state index contributed by atoms with van der Waals surface area (Å²) >= 11 is 6.10. The van der Waals surface area contributed by atoms with Crippen molar-refractivity contribution >= 4 is 24.4 Å². The highest BCUT2D eigenvalue weighted by Gasteiger charge is 2.14. The number of para-hydroxylation sites is 1. The van der Waals surface area contributed by atoms with Crippen LogP contribution in [0.2, 0.25) is 0 Å². The molecule has 0 atom stereocenters. The standard InChI is InChI=1S/C31H46N4OS2/c1-2-3-4-5-6-7-8-9-10-11-12-13-14-15-16-18-21-26-24-29(37)30(25-28(26)36)38-31-32-33-34-35(31)27-22-19-17-20-23-27/h17,19-20,22-25,36-37H,2-16,18,21H2,1H3. The van der Waals surface area contributed by atoms with Crippen LogP contribution in [0.5, 0.6) is 5.75 Å². The van der Waals surface area contributed by atoms with Crippen molar-refractivity contribution in [3.63, 3.8) is 0 Å². The number of phenols is 1. The van der Waals surface area contributed by atoms with Gasteiger partial charge in [0, 0.05) is 9.79 Å². The Morgan fingerprint density at radius 2 is 1.32 bits per heavy atom. The number of benzene rings is 2. The van der Waals surface area contributed by atoms with Crippen LogP contribution < -0.4 is 0 Å². The van der Waals surface area contributed by atoms with Gasteiger partial charge in [-0.15, -0.1) is 17.7 Å². The molecule has 5 nitrogen and oxygen atoms in total. The summed E-state index contributed by atoms with van der Waals surface area (Å²) in [7, 11) is 0. The summed E-state index contributed by atoms with van der Waals surface area (Å²) in [5, 5.41) is 23.4. The van der Waals surface area contributed by atoms with Gasteiger partial charge >= 0.3 is 0 Å². The largest absolute Gasteiger partial charge is 0.508 e. The first-order valence-electron chi connectivity index (χ1n) is 14.8. The van der Waals surface area contributed by atoms with Gasteiger partial charge in [0.2, 0.25) is 5.16 Å². The third kappa shape index (κ3) is 11.0. The average molecular weight is 555 g/mol. The average Bonchev–Trinajstić information content (AvgIpc) is 3.39. The SMILES string of the molecule is CCCCCCCCCCCCCCCCCCc1cc(S)c(Sc2nnnn2-c2ccccc2)cc1O. The molecule has 3 rings (SSSR count). The Morgan fingerprint density at radius 1 is 0.763 bits per heavy atom. The third-order valence-corrected chi connectivity index (χ3v) is 8.62. The maximum atomic E-state index is 10.7. The molecule has 1 heterocycles. The molecule has 0 bridgehead atoms. The number of nitrogens with zero attached hydrogens (tertiary/aromatic N) is 4. The van der Waals surface area contributed by atoms with Crippen molar-refractivity contribution in [2.75, 3.05) is 0 Å². The number of aromatic nitrogens is 4. The van der Waals surface area contributed by atoms with Gasteiger partial charge in [0.15, 0.2) is 0 Å². The number of hydrogen-bond donors (Lipinski definition) is 2. The van der Waals surface area contributed by atoms with Gasteiger partial charge in [0.25, 0.3) is 0 Å². The van der Waals surface area contributed by atoms with Crippen molar-refractivity contribution in [2.45, 2.75) is 131 Å². The van der Waals surface area contributed by atoms with Crippen LogP contribution in [0.3, 0.4) is 0 Å². The lowest BCUT2D eigenvalue weighted by atomic mass is 10.0. The number of unbranched alkanes of at least 4 members (excludes halogenated alkanes) is 15. The predicted octanol–water partition coefficient (Wildman–Crippen LogP) is 9.61. The van der Waals surface area contributed by atoms with Crippen LogP contribution in [0.4, 0.5) is 0 Å². The van der Waals surface area contributed by atoms with E-state index in [0.29, 0.717) is 10.9 Å². The van der Waals surface area contributed by atoms with E-state index in [1.165, 1.54) is 108 Å². The topological polar surface area (TPSA) is 63.8 Å². The molecule has 1 N–H and O–H groups in total. The van der Waals surface area contributed by atoms with Gasteiger partial charge in [-0.25, -0.2) is 0 Å². The van der Waals surface area contributed by atoms with Gasteiger partial charge in [-0.1, -0.05) is 121 Å². The molecular formula is C31H46N4OS2. The summed E-state index contributed by atoms with van der Waals surface area (Å²) in [6.07, 6.45) is 22.7. The first-order chi connectivity index (χ1) is 18.7. The monoisotopic (exact) mass is 554 g/mol. The maximum Gasteiger partial charge on any atom is 0.218 e. The molecular weight excluding hydrogens is 509 g/mol. The molecule has 0 saturated heterocycles. The van der Waals surface area contributed by atoms with Gasteiger partial charge < -0.3 is 5.11 Å². The number of rotatable bonds is 20. The van der Waals surface area contributed by atoms with Crippen LogP contribution in [0, 0.1) is 0 Å². The molecule has 1 aromatic heterocycles. The Bertz CT molecular complexity index is 1040. The molecule has 3 aromatic rings. The van der Waals surface area contributed by atoms with Crippen LogP contribution in [-0.4, -0.2) is 25.3 Å². The van der Waals surface area contributed by atoms with E-state index in [4.69, 9.17) is 12.6 Å². The molecule has 0 amide bonds. The van der Waals surface area contributed by atoms with Crippen LogP contribution >= 0.6 is 24.4 Å². The number of thiol groups is 1. The van der Waals surface area contributed by atoms with Crippen molar-refractivity contribution < 1.29 is 5.11 Å². The van der Waals surface area contributed by atoms with E-state index < -0.39 is 0 Å². The van der Waals surface area contributed by atoms with Crippen LogP contribution in [0.15, 0.2) is 57.4 Å². The highest BCUT2D eigenvalue weighted by Crippen LogP contribution is 2.36. The predicted molar refractivity (Wildman–Crippen MR) is 162 cm³/mol. The molecule has 0 unspecified atom stereocenters. The first-order valence-corrected chi connectivity index (χ1v) is 16.0. The van der Waals surface area contributed by atoms with Crippen molar-refractivity contribution in [3.8, 4) is 11.4 Å². The third-order valence-electron chi connectivity index (χ3n) is 7.10. The molecule has 0 spiro atoms. The lowest BCUT2D eigenvalue weighted by molar-refractivity contribution is 0.463. The Balaban J connectivity index is 1.27. The lowest BCUT2D eigenvalue weighted by Crippen LogP contribution is -1.98. The highest BCUT2D eigenvalue weighted by molar-refractivity contribution is 7.99. The zero-order valence-corrected chi connectivity index (χ0v) is 24.9. The van der Waals surface area contributed by atoms with E-state index in [-0.39, 0.29) is 0 Å². The summed E-state index contributed by atoms with van der Waals surface area (Å²) in [5.74, 6) is 0.324. The van der Waals surface area contributed by atoms with Crippen LogP contribution in [-0.2, 0) is 6.42 Å². The zero-order valence-electron chi connectivity index (χ0n) is 23.2. The van der Waals surface area contributed by atoms with E-state index in [1.807, 2.05) is 36.4 Å². The maximum absolute atomic E-state index is 10.7. The summed E-state index contributed by atoms with van der Waals surface area (Å²) < 4.78 is 1.69. The van der Waals surface area contributed by atoms with Gasteiger partial charge in [0.1, 0.15) is 5.75 Å². The minimum absolute atomic E-state index is 0.324. The molecule has 7 heteroatoms. The number of phenolic OH excluding ortho intramolecular Hbond substituents is 1. The van der Waals surface area contributed by atoms with Crippen molar-refractivity contribution in [2.24, 2.45) is 0 Å². The summed E-state index contributed by atoms with van der Waals surface area (Å²) in [4.78, 5) is 1.68. The van der Waals surface area contributed by atoms with Crippen LogP contribution in [0.1, 0.15) is 115 Å². The highest BCUT2D eigenvalue weighted by atomic mass is 32.2. The Labute approximate surface area is 239 Å². The van der Waals surface area contributed by atoms with E-state index in [0.717, 1.165) is 33.9 Å². The molecule has 0 radical (unpaired) electrons. The zero-order chi connectivity index (χ0) is 26.8. The quantitative estimate of drug-likeness (QED) is 0.107. The van der Waals surface area contributed by atoms with E-state index >= 15 is 0 Å². The number of hydrogen-bond acceptors (Lipinski definition) is 6. The molecule has 0 aliphatic heterocycles. The van der Waals surface area contributed by atoms with Crippen LogP contribution in [0.25, 0.3) is 5.69 Å². The van der Waals surface area contributed by atoms with Gasteiger partial charge in [-0.3, -0.25) is 0 Å². The smallest absolute Gasteiger partial charge is 0.218 e. The van der Waals surface area contributed by atoms with E-state index in [2.05, 4.69) is 22.4 Å². The number of aromatic hydroxyl groups is 1. The number of tetrazole rings is 1. The second kappa shape index (κ2) is 18.3. The molecule has 0 saturated carbocycles. The minimum atomic E-state index is 0.324. The Hall–Kier alpha value is -1.99. The molecule has 0 aliphatic rings. The summed E-state index contributed by atoms with van der Waals surface area (Å²) in [6, 6.07) is 13.6. The second-order valence-electron chi connectivity index (χ2n) is 10.3. The van der Waals surface area contributed by atoms with Crippen molar-refractivity contribution in [1.29, 1.82) is 0 Å². The second-order valence-corrected chi connectivity index (χ2v) is 11.8. The summed E-state index contributed by atoms with van der Waals surface area (Å²) in [6.45, 7) is 2.28. The van der Waals surface area contributed by atoms with E-state index in [1.54, 1.807) is 10.7 Å². The first kappa shape index (κ1) is 30.6. The summed E-state index contributed by atoms with van der Waals surface area (Å²) in [5.41, 5.74) is 1.86. The fourth-order valence-electron chi connectivity index (χ4n) is 4.82. The molecule has 0 fully saturated rings. The minimum Gasteiger partial charge on any atom is -0.508 e. The van der Waals surface area contributed by atoms with Crippen molar-refractivity contribution in [1.82, 2.24) is 20.2 Å². The fraction of sp³-hybridized carbons (Fsp3) is 0.581. The van der Waals surface area contributed by atoms with Gasteiger partial charge in [0.05, 0.1) is 5.69 Å². The Kier molecular flexibility index (Phi) is 14.7. The molecule has 38 heavy (non-hydrogen) atoms. The number of aryl methyl sites for hydroxylation is 1. The van der Waals surface area contributed by atoms with Gasteiger partial charge in [-0.05, 0) is 64.9 Å². The van der Waals surface area contributed by atoms with Gasteiger partial charge in [-0.2, -0.15) is 4.68 Å². The fourth-order valence-corrected chi connectivity index (χ4v) is 6.01. The van der Waals surface area contributed by atoms with E-state index in [9.17, 15) is 5.11 Å². The van der Waals surface area contributed by atoms with Crippen molar-refractivity contribution in [3.05, 3.63) is 48.0 Å². The lowest BCUT2D eigenvalue weighted by Gasteiger charge is -2.10. The Morgan fingerprint density at radius 3 is 1.89 bits per heavy atom. The molecule has 0 aliphatic carbocycles.